The quantitative estimate of drug-likeness (QED) is 0.808. The fourth-order valence-electron chi connectivity index (χ4n) is 1.63. The van der Waals surface area contributed by atoms with Crippen molar-refractivity contribution in [2.24, 2.45) is 5.73 Å². The zero-order chi connectivity index (χ0) is 11.3. The number of hydrogen-bond acceptors (Lipinski definition) is 3. The van der Waals surface area contributed by atoms with E-state index >= 15 is 0 Å². The fraction of sp³-hybridized carbons (Fsp3) is 0.500. The van der Waals surface area contributed by atoms with Crippen LogP contribution in [0.3, 0.4) is 0 Å². The van der Waals surface area contributed by atoms with E-state index in [1.165, 1.54) is 5.56 Å². The molecule has 0 heterocycles. The summed E-state index contributed by atoms with van der Waals surface area (Å²) in [6.45, 7) is 2.84. The molecule has 1 unspecified atom stereocenters. The molecular weight excluding hydrogens is 190 g/mol. The molecule has 0 aliphatic heterocycles. The van der Waals surface area contributed by atoms with Gasteiger partial charge in [-0.3, -0.25) is 0 Å². The summed E-state index contributed by atoms with van der Waals surface area (Å²) in [6.07, 6.45) is 0.961. The van der Waals surface area contributed by atoms with Crippen molar-refractivity contribution in [1.29, 1.82) is 0 Å². The molecule has 0 amide bonds. The van der Waals surface area contributed by atoms with Gasteiger partial charge in [0.1, 0.15) is 11.5 Å². The van der Waals surface area contributed by atoms with Crippen molar-refractivity contribution in [1.82, 2.24) is 0 Å². The van der Waals surface area contributed by atoms with E-state index in [-0.39, 0.29) is 0 Å². The van der Waals surface area contributed by atoms with Crippen molar-refractivity contribution in [2.75, 3.05) is 20.8 Å². The lowest BCUT2D eigenvalue weighted by Crippen LogP contribution is -2.05. The van der Waals surface area contributed by atoms with Crippen molar-refractivity contribution < 1.29 is 9.47 Å². The van der Waals surface area contributed by atoms with E-state index in [1.54, 1.807) is 14.2 Å². The third-order valence-corrected chi connectivity index (χ3v) is 2.57. The largest absolute Gasteiger partial charge is 0.497 e. The molecule has 1 aromatic rings. The minimum Gasteiger partial charge on any atom is -0.497 e. The first kappa shape index (κ1) is 11.9. The summed E-state index contributed by atoms with van der Waals surface area (Å²) in [5.74, 6) is 2.10. The molecule has 3 nitrogen and oxygen atoms in total. The highest BCUT2D eigenvalue weighted by atomic mass is 16.5. The van der Waals surface area contributed by atoms with Crippen LogP contribution in [0, 0.1) is 0 Å². The molecule has 0 aliphatic rings. The van der Waals surface area contributed by atoms with Gasteiger partial charge in [0.25, 0.3) is 0 Å². The van der Waals surface area contributed by atoms with Crippen molar-refractivity contribution in [3.63, 3.8) is 0 Å². The van der Waals surface area contributed by atoms with Crippen LogP contribution in [0.25, 0.3) is 0 Å². The van der Waals surface area contributed by atoms with Crippen LogP contribution < -0.4 is 15.2 Å². The number of hydrogen-bond donors (Lipinski definition) is 1. The predicted molar refractivity (Wildman–Crippen MR) is 61.6 cm³/mol. The number of nitrogens with two attached hydrogens (primary N) is 1. The van der Waals surface area contributed by atoms with E-state index in [0.717, 1.165) is 17.9 Å². The van der Waals surface area contributed by atoms with Crippen molar-refractivity contribution >= 4 is 0 Å². The van der Waals surface area contributed by atoms with Gasteiger partial charge < -0.3 is 15.2 Å². The van der Waals surface area contributed by atoms with Gasteiger partial charge in [-0.05, 0) is 30.5 Å². The molecule has 3 heteroatoms. The summed E-state index contributed by atoms with van der Waals surface area (Å²) in [5, 5.41) is 0. The molecule has 0 saturated carbocycles. The Kier molecular flexibility index (Phi) is 4.43. The number of rotatable bonds is 5. The highest BCUT2D eigenvalue weighted by Crippen LogP contribution is 2.31. The second-order valence-corrected chi connectivity index (χ2v) is 3.59. The second kappa shape index (κ2) is 5.61. The maximum Gasteiger partial charge on any atom is 0.126 e. The molecule has 0 saturated heterocycles. The molecule has 0 spiro atoms. The standard InChI is InChI=1S/C12H19NO2/c1-9(6-7-13)11-5-4-10(14-2)8-12(11)15-3/h4-5,8-9H,6-7,13H2,1-3H3. The van der Waals surface area contributed by atoms with Gasteiger partial charge in [-0.25, -0.2) is 0 Å². The normalized spacial score (nSPS) is 12.3. The van der Waals surface area contributed by atoms with Crippen LogP contribution in [0.15, 0.2) is 18.2 Å². The Morgan fingerprint density at radius 3 is 2.53 bits per heavy atom. The number of ether oxygens (including phenoxy) is 2. The summed E-state index contributed by atoms with van der Waals surface area (Å²) in [6, 6.07) is 5.89. The van der Waals surface area contributed by atoms with Crippen molar-refractivity contribution in [3.05, 3.63) is 23.8 Å². The average molecular weight is 209 g/mol. The average Bonchev–Trinajstić information content (AvgIpc) is 2.28. The van der Waals surface area contributed by atoms with Gasteiger partial charge in [-0.15, -0.1) is 0 Å². The summed E-state index contributed by atoms with van der Waals surface area (Å²) in [7, 11) is 3.32. The van der Waals surface area contributed by atoms with Crippen LogP contribution in [0.1, 0.15) is 24.8 Å². The van der Waals surface area contributed by atoms with Gasteiger partial charge in [-0.2, -0.15) is 0 Å². The van der Waals surface area contributed by atoms with E-state index in [1.807, 2.05) is 18.2 Å². The molecule has 0 fully saturated rings. The Bertz CT molecular complexity index is 312. The van der Waals surface area contributed by atoms with Gasteiger partial charge in [0, 0.05) is 6.07 Å². The lowest BCUT2D eigenvalue weighted by atomic mass is 9.97. The second-order valence-electron chi connectivity index (χ2n) is 3.59. The van der Waals surface area contributed by atoms with Gasteiger partial charge in [0.05, 0.1) is 14.2 Å². The van der Waals surface area contributed by atoms with Crippen LogP contribution in [0.4, 0.5) is 0 Å². The minimum absolute atomic E-state index is 0.413. The monoisotopic (exact) mass is 209 g/mol. The van der Waals surface area contributed by atoms with Crippen LogP contribution in [-0.4, -0.2) is 20.8 Å². The van der Waals surface area contributed by atoms with Gasteiger partial charge in [0.2, 0.25) is 0 Å². The first-order valence-electron chi connectivity index (χ1n) is 5.15. The third kappa shape index (κ3) is 2.86. The van der Waals surface area contributed by atoms with Gasteiger partial charge >= 0.3 is 0 Å². The van der Waals surface area contributed by atoms with E-state index in [2.05, 4.69) is 6.92 Å². The molecule has 0 radical (unpaired) electrons. The Labute approximate surface area is 91.2 Å². The van der Waals surface area contributed by atoms with E-state index in [0.29, 0.717) is 12.5 Å². The summed E-state index contributed by atoms with van der Waals surface area (Å²) < 4.78 is 10.5. The van der Waals surface area contributed by atoms with Crippen LogP contribution in [-0.2, 0) is 0 Å². The zero-order valence-electron chi connectivity index (χ0n) is 9.62. The molecule has 15 heavy (non-hydrogen) atoms. The molecular formula is C12H19NO2. The highest BCUT2D eigenvalue weighted by Gasteiger charge is 2.11. The Morgan fingerprint density at radius 2 is 2.00 bits per heavy atom. The topological polar surface area (TPSA) is 44.5 Å². The van der Waals surface area contributed by atoms with Crippen molar-refractivity contribution in [2.45, 2.75) is 19.3 Å². The minimum atomic E-state index is 0.413. The Morgan fingerprint density at radius 1 is 1.27 bits per heavy atom. The first-order valence-corrected chi connectivity index (χ1v) is 5.15. The van der Waals surface area contributed by atoms with E-state index in [9.17, 15) is 0 Å². The summed E-state index contributed by atoms with van der Waals surface area (Å²) >= 11 is 0. The van der Waals surface area contributed by atoms with E-state index in [4.69, 9.17) is 15.2 Å². The van der Waals surface area contributed by atoms with E-state index < -0.39 is 0 Å². The molecule has 0 aliphatic carbocycles. The van der Waals surface area contributed by atoms with Gasteiger partial charge in [0.15, 0.2) is 0 Å². The first-order chi connectivity index (χ1) is 7.22. The molecule has 0 aromatic heterocycles. The summed E-state index contributed by atoms with van der Waals surface area (Å²) in [4.78, 5) is 0. The number of benzene rings is 1. The maximum atomic E-state index is 5.55. The number of methoxy groups -OCH3 is 2. The Hall–Kier alpha value is -1.22. The zero-order valence-corrected chi connectivity index (χ0v) is 9.62. The van der Waals surface area contributed by atoms with Crippen LogP contribution in [0.2, 0.25) is 0 Å². The van der Waals surface area contributed by atoms with Crippen molar-refractivity contribution in [3.8, 4) is 11.5 Å². The lowest BCUT2D eigenvalue weighted by molar-refractivity contribution is 0.388. The van der Waals surface area contributed by atoms with Gasteiger partial charge in [-0.1, -0.05) is 13.0 Å². The molecule has 84 valence electrons. The molecule has 1 atom stereocenters. The fourth-order valence-corrected chi connectivity index (χ4v) is 1.63. The SMILES string of the molecule is COc1ccc(C(C)CCN)c(OC)c1. The lowest BCUT2D eigenvalue weighted by Gasteiger charge is -2.15. The molecule has 1 rings (SSSR count). The molecule has 0 bridgehead atoms. The summed E-state index contributed by atoms with van der Waals surface area (Å²) in [5.41, 5.74) is 6.73. The molecule has 1 aromatic carbocycles. The molecule has 2 N–H and O–H groups in total. The Balaban J connectivity index is 2.96. The van der Waals surface area contributed by atoms with Crippen LogP contribution >= 0.6 is 0 Å². The van der Waals surface area contributed by atoms with Crippen LogP contribution in [0.5, 0.6) is 11.5 Å². The highest BCUT2D eigenvalue weighted by molar-refractivity contribution is 5.42. The smallest absolute Gasteiger partial charge is 0.126 e. The predicted octanol–water partition coefficient (Wildman–Crippen LogP) is 2.16. The third-order valence-electron chi connectivity index (χ3n) is 2.57. The maximum absolute atomic E-state index is 5.55.